The summed E-state index contributed by atoms with van der Waals surface area (Å²) in [6, 6.07) is 14.4. The molecule has 2 aromatic carbocycles. The highest BCUT2D eigenvalue weighted by Gasteiger charge is 2.21. The van der Waals surface area contributed by atoms with Gasteiger partial charge in [-0.15, -0.1) is 0 Å². The first kappa shape index (κ1) is 20.8. The molecule has 0 radical (unpaired) electrons. The molecule has 144 valence electrons. The minimum Gasteiger partial charge on any atom is -0.488 e. The summed E-state index contributed by atoms with van der Waals surface area (Å²) in [4.78, 5) is 26.2. The third-order valence-corrected chi connectivity index (χ3v) is 4.07. The number of ether oxygens (including phenoxy) is 1. The minimum absolute atomic E-state index is 0.0328. The number of carbonyl (C=O) groups is 2. The van der Waals surface area contributed by atoms with Gasteiger partial charge in [-0.05, 0) is 39.0 Å². The summed E-state index contributed by atoms with van der Waals surface area (Å²) in [5.74, 6) is -0.0490. The Kier molecular flexibility index (Phi) is 6.86. The maximum atomic E-state index is 12.8. The molecule has 0 spiro atoms. The summed E-state index contributed by atoms with van der Waals surface area (Å²) in [6.45, 7) is 5.90. The Bertz CT molecular complexity index is 815. The minimum atomic E-state index is -0.350. The van der Waals surface area contributed by atoms with Crippen molar-refractivity contribution in [3.8, 4) is 5.75 Å². The molecule has 0 aliphatic carbocycles. The summed E-state index contributed by atoms with van der Waals surface area (Å²) < 4.78 is 5.83. The molecule has 5 nitrogen and oxygen atoms in total. The lowest BCUT2D eigenvalue weighted by molar-refractivity contribution is -0.122. The van der Waals surface area contributed by atoms with Crippen LogP contribution in [-0.4, -0.2) is 35.8 Å². The van der Waals surface area contributed by atoms with Gasteiger partial charge in [0.1, 0.15) is 12.4 Å². The normalized spacial score (nSPS) is 11.0. The van der Waals surface area contributed by atoms with Crippen molar-refractivity contribution < 1.29 is 14.3 Å². The second kappa shape index (κ2) is 8.91. The lowest BCUT2D eigenvalue weighted by Gasteiger charge is -2.24. The number of hydrogen-bond donors (Lipinski definition) is 1. The molecule has 0 aliphatic rings. The smallest absolute Gasteiger partial charge is 0.257 e. The molecule has 2 rings (SSSR count). The molecule has 0 atom stereocenters. The molecule has 0 heterocycles. The van der Waals surface area contributed by atoms with Gasteiger partial charge in [-0.3, -0.25) is 9.59 Å². The van der Waals surface area contributed by atoms with E-state index in [1.807, 2.05) is 39.0 Å². The Morgan fingerprint density at radius 3 is 2.37 bits per heavy atom. The number of para-hydroxylation sites is 1. The van der Waals surface area contributed by atoms with E-state index in [-0.39, 0.29) is 30.5 Å². The highest BCUT2D eigenvalue weighted by molar-refractivity contribution is 6.31. The second-order valence-electron chi connectivity index (χ2n) is 7.34. The molecule has 0 unspecified atom stereocenters. The molecule has 27 heavy (non-hydrogen) atoms. The molecule has 2 aromatic rings. The van der Waals surface area contributed by atoms with Crippen LogP contribution in [0.2, 0.25) is 5.02 Å². The molecule has 0 aromatic heterocycles. The Balaban J connectivity index is 2.08. The summed E-state index contributed by atoms with van der Waals surface area (Å²) in [5.41, 5.74) is 0.881. The van der Waals surface area contributed by atoms with Crippen LogP contribution in [0.4, 0.5) is 0 Å². The van der Waals surface area contributed by atoms with Crippen molar-refractivity contribution in [1.82, 2.24) is 10.2 Å². The van der Waals surface area contributed by atoms with Gasteiger partial charge >= 0.3 is 0 Å². The number of rotatable bonds is 6. The molecule has 6 heteroatoms. The zero-order valence-corrected chi connectivity index (χ0v) is 16.8. The maximum Gasteiger partial charge on any atom is 0.257 e. The van der Waals surface area contributed by atoms with Crippen LogP contribution in [0.5, 0.6) is 5.75 Å². The molecule has 0 saturated heterocycles. The topological polar surface area (TPSA) is 58.6 Å². The van der Waals surface area contributed by atoms with E-state index in [0.717, 1.165) is 5.56 Å². The van der Waals surface area contributed by atoms with Gasteiger partial charge in [0.2, 0.25) is 5.91 Å². The van der Waals surface area contributed by atoms with E-state index >= 15 is 0 Å². The Labute approximate surface area is 165 Å². The van der Waals surface area contributed by atoms with Gasteiger partial charge in [0, 0.05) is 23.2 Å². The lowest BCUT2D eigenvalue weighted by atomic mass is 10.1. The number of hydrogen-bond acceptors (Lipinski definition) is 3. The molecule has 1 N–H and O–H groups in total. The van der Waals surface area contributed by atoms with Crippen LogP contribution >= 0.6 is 11.6 Å². The zero-order valence-electron chi connectivity index (χ0n) is 16.1. The fourth-order valence-electron chi connectivity index (χ4n) is 2.49. The maximum absolute atomic E-state index is 12.8. The predicted octanol–water partition coefficient (Wildman–Crippen LogP) is 3.91. The number of halogens is 1. The van der Waals surface area contributed by atoms with E-state index in [1.54, 1.807) is 37.4 Å². The van der Waals surface area contributed by atoms with Crippen molar-refractivity contribution in [2.24, 2.45) is 0 Å². The fraction of sp³-hybridized carbons (Fsp3) is 0.333. The number of likely N-dealkylation sites (N-methyl/N-ethyl adjacent to an activating group) is 1. The molecular formula is C21H25ClN2O3. The van der Waals surface area contributed by atoms with Gasteiger partial charge in [-0.1, -0.05) is 41.9 Å². The first-order valence-electron chi connectivity index (χ1n) is 8.69. The van der Waals surface area contributed by atoms with Crippen LogP contribution in [0.3, 0.4) is 0 Å². The second-order valence-corrected chi connectivity index (χ2v) is 7.74. The van der Waals surface area contributed by atoms with Crippen LogP contribution in [-0.2, 0) is 11.4 Å². The number of carbonyl (C=O) groups excluding carboxylic acids is 2. The Morgan fingerprint density at radius 1 is 1.07 bits per heavy atom. The highest BCUT2D eigenvalue weighted by Crippen LogP contribution is 2.23. The number of nitrogens with one attached hydrogen (secondary N) is 1. The number of benzene rings is 2. The van der Waals surface area contributed by atoms with E-state index in [0.29, 0.717) is 16.3 Å². The Hall–Kier alpha value is -2.53. The van der Waals surface area contributed by atoms with Crippen LogP contribution < -0.4 is 10.1 Å². The predicted molar refractivity (Wildman–Crippen MR) is 107 cm³/mol. The van der Waals surface area contributed by atoms with Gasteiger partial charge in [0.25, 0.3) is 5.91 Å². The third kappa shape index (κ3) is 6.29. The van der Waals surface area contributed by atoms with Gasteiger partial charge in [-0.25, -0.2) is 0 Å². The fourth-order valence-corrected chi connectivity index (χ4v) is 2.68. The van der Waals surface area contributed by atoms with Crippen LogP contribution in [0.15, 0.2) is 48.5 Å². The average Bonchev–Trinajstić information content (AvgIpc) is 2.59. The van der Waals surface area contributed by atoms with Crippen molar-refractivity contribution in [3.63, 3.8) is 0 Å². The standard InChI is InChI=1S/C21H25ClN2O3/c1-21(2,3)23-19(25)13-24(4)20(26)16-10-6-8-12-18(16)27-14-15-9-5-7-11-17(15)22/h5-12H,13-14H2,1-4H3,(H,23,25). The first-order chi connectivity index (χ1) is 12.7. The Morgan fingerprint density at radius 2 is 1.70 bits per heavy atom. The van der Waals surface area contributed by atoms with E-state index in [9.17, 15) is 9.59 Å². The largest absolute Gasteiger partial charge is 0.488 e. The average molecular weight is 389 g/mol. The van der Waals surface area contributed by atoms with E-state index < -0.39 is 0 Å². The van der Waals surface area contributed by atoms with Gasteiger partial charge in [0.05, 0.1) is 12.1 Å². The van der Waals surface area contributed by atoms with Crippen molar-refractivity contribution in [3.05, 3.63) is 64.7 Å². The van der Waals surface area contributed by atoms with Gasteiger partial charge in [-0.2, -0.15) is 0 Å². The van der Waals surface area contributed by atoms with E-state index in [4.69, 9.17) is 16.3 Å². The molecule has 0 saturated carbocycles. The zero-order chi connectivity index (χ0) is 20.0. The summed E-state index contributed by atoms with van der Waals surface area (Å²) in [6.07, 6.45) is 0. The van der Waals surface area contributed by atoms with E-state index in [1.165, 1.54) is 4.90 Å². The molecular weight excluding hydrogens is 364 g/mol. The van der Waals surface area contributed by atoms with Crippen molar-refractivity contribution in [2.75, 3.05) is 13.6 Å². The first-order valence-corrected chi connectivity index (χ1v) is 9.07. The van der Waals surface area contributed by atoms with Gasteiger partial charge < -0.3 is 15.0 Å². The van der Waals surface area contributed by atoms with Crippen LogP contribution in [0.25, 0.3) is 0 Å². The summed E-state index contributed by atoms with van der Waals surface area (Å²) in [7, 11) is 1.59. The molecule has 0 fully saturated rings. The quantitative estimate of drug-likeness (QED) is 0.816. The van der Waals surface area contributed by atoms with Crippen molar-refractivity contribution >= 4 is 23.4 Å². The van der Waals surface area contributed by atoms with Crippen molar-refractivity contribution in [1.29, 1.82) is 0 Å². The van der Waals surface area contributed by atoms with Gasteiger partial charge in [0.15, 0.2) is 0 Å². The van der Waals surface area contributed by atoms with Crippen LogP contribution in [0.1, 0.15) is 36.7 Å². The van der Waals surface area contributed by atoms with Crippen LogP contribution in [0, 0.1) is 0 Å². The third-order valence-electron chi connectivity index (χ3n) is 3.70. The van der Waals surface area contributed by atoms with E-state index in [2.05, 4.69) is 5.32 Å². The number of amides is 2. The molecule has 0 bridgehead atoms. The highest BCUT2D eigenvalue weighted by atomic mass is 35.5. The lowest BCUT2D eigenvalue weighted by Crippen LogP contribution is -2.46. The van der Waals surface area contributed by atoms with Crippen molar-refractivity contribution in [2.45, 2.75) is 32.9 Å². The SMILES string of the molecule is CN(CC(=O)NC(C)(C)C)C(=O)c1ccccc1OCc1ccccc1Cl. The number of nitrogens with zero attached hydrogens (tertiary/aromatic N) is 1. The molecule has 0 aliphatic heterocycles. The monoisotopic (exact) mass is 388 g/mol. The molecule has 2 amide bonds. The summed E-state index contributed by atoms with van der Waals surface area (Å²) >= 11 is 6.15. The summed E-state index contributed by atoms with van der Waals surface area (Å²) in [5, 5.41) is 3.45.